The second-order valence-electron chi connectivity index (χ2n) is 4.73. The lowest BCUT2D eigenvalue weighted by molar-refractivity contribution is 1.01. The molecule has 0 fully saturated rings. The molecule has 3 aromatic rings. The molecule has 2 aromatic carbocycles. The Balaban J connectivity index is 1.84. The molecule has 0 atom stereocenters. The Morgan fingerprint density at radius 1 is 0.952 bits per heavy atom. The fourth-order valence-electron chi connectivity index (χ4n) is 2.14. The van der Waals surface area contributed by atoms with E-state index < -0.39 is 0 Å². The van der Waals surface area contributed by atoms with Crippen LogP contribution in [0, 0.1) is 6.92 Å². The van der Waals surface area contributed by atoms with Crippen molar-refractivity contribution in [2.75, 3.05) is 6.26 Å². The van der Waals surface area contributed by atoms with E-state index in [1.807, 2.05) is 25.1 Å². The van der Waals surface area contributed by atoms with Crippen LogP contribution in [0.25, 0.3) is 10.9 Å². The molecule has 106 valence electrons. The average molecular weight is 312 g/mol. The number of benzene rings is 2. The van der Waals surface area contributed by atoms with Crippen molar-refractivity contribution < 1.29 is 0 Å². The van der Waals surface area contributed by atoms with Crippen molar-refractivity contribution in [3.63, 3.8) is 0 Å². The molecular formula is C17H16N2S2. The van der Waals surface area contributed by atoms with Gasteiger partial charge in [-0.15, -0.1) is 23.5 Å². The molecule has 1 aromatic heterocycles. The van der Waals surface area contributed by atoms with Crippen LogP contribution in [0.3, 0.4) is 0 Å². The lowest BCUT2D eigenvalue weighted by atomic mass is 10.2. The number of thioether (sulfide) groups is 2. The Kier molecular flexibility index (Phi) is 4.46. The third-order valence-corrected chi connectivity index (χ3v) is 5.02. The highest BCUT2D eigenvalue weighted by atomic mass is 32.2. The summed E-state index contributed by atoms with van der Waals surface area (Å²) in [5.41, 5.74) is 2.34. The molecule has 0 saturated carbocycles. The van der Waals surface area contributed by atoms with Crippen LogP contribution in [0.1, 0.15) is 11.4 Å². The molecule has 4 heteroatoms. The third-order valence-electron chi connectivity index (χ3n) is 3.21. The third kappa shape index (κ3) is 3.39. The number of aryl methyl sites for hydroxylation is 1. The van der Waals surface area contributed by atoms with Gasteiger partial charge in [-0.25, -0.2) is 9.97 Å². The van der Waals surface area contributed by atoms with Gasteiger partial charge in [-0.3, -0.25) is 0 Å². The van der Waals surface area contributed by atoms with Crippen molar-refractivity contribution in [3.8, 4) is 0 Å². The van der Waals surface area contributed by atoms with Crippen LogP contribution >= 0.6 is 23.5 Å². The molecule has 1 heterocycles. The molecule has 0 N–H and O–H groups in total. The Morgan fingerprint density at radius 3 is 2.48 bits per heavy atom. The molecule has 0 aliphatic rings. The number of hydrogen-bond donors (Lipinski definition) is 0. The van der Waals surface area contributed by atoms with Gasteiger partial charge < -0.3 is 0 Å². The molecule has 0 radical (unpaired) electrons. The fraction of sp³-hybridized carbons (Fsp3) is 0.176. The number of rotatable bonds is 4. The van der Waals surface area contributed by atoms with Gasteiger partial charge >= 0.3 is 0 Å². The molecule has 2 nitrogen and oxygen atoms in total. The van der Waals surface area contributed by atoms with E-state index in [1.54, 1.807) is 23.5 Å². The summed E-state index contributed by atoms with van der Waals surface area (Å²) in [7, 11) is 0. The van der Waals surface area contributed by atoms with Crippen molar-refractivity contribution in [2.24, 2.45) is 0 Å². The maximum absolute atomic E-state index is 4.60. The van der Waals surface area contributed by atoms with Crippen LogP contribution < -0.4 is 0 Å². The molecule has 0 aliphatic carbocycles. The Labute approximate surface area is 133 Å². The van der Waals surface area contributed by atoms with Crippen molar-refractivity contribution in [1.82, 2.24) is 9.97 Å². The minimum Gasteiger partial charge on any atom is -0.233 e. The van der Waals surface area contributed by atoms with Crippen molar-refractivity contribution in [1.29, 1.82) is 0 Å². The lowest BCUT2D eigenvalue weighted by Crippen LogP contribution is -1.93. The number of nitrogens with zero attached hydrogens (tertiary/aromatic N) is 2. The maximum atomic E-state index is 4.60. The van der Waals surface area contributed by atoms with Crippen molar-refractivity contribution in [3.05, 3.63) is 59.9 Å². The molecule has 0 unspecified atom stereocenters. The van der Waals surface area contributed by atoms with Gasteiger partial charge in [-0.1, -0.05) is 30.3 Å². The van der Waals surface area contributed by atoms with Crippen LogP contribution in [-0.4, -0.2) is 16.2 Å². The smallest absolute Gasteiger partial charge is 0.127 e. The number of para-hydroxylation sites is 1. The first-order chi connectivity index (χ1) is 10.3. The monoisotopic (exact) mass is 312 g/mol. The molecule has 0 aliphatic heterocycles. The van der Waals surface area contributed by atoms with E-state index in [4.69, 9.17) is 0 Å². The molecule has 0 saturated heterocycles. The zero-order valence-corrected chi connectivity index (χ0v) is 13.7. The predicted molar refractivity (Wildman–Crippen MR) is 92.1 cm³/mol. The van der Waals surface area contributed by atoms with Crippen molar-refractivity contribution >= 4 is 34.4 Å². The first-order valence-corrected chi connectivity index (χ1v) is 8.96. The average Bonchev–Trinajstić information content (AvgIpc) is 2.53. The van der Waals surface area contributed by atoms with Gasteiger partial charge in [-0.05, 0) is 36.9 Å². The predicted octanol–water partition coefficient (Wildman–Crippen LogP) is 4.95. The van der Waals surface area contributed by atoms with Gasteiger partial charge in [-0.2, -0.15) is 0 Å². The van der Waals surface area contributed by atoms with Gasteiger partial charge in [0.15, 0.2) is 0 Å². The highest BCUT2D eigenvalue weighted by Crippen LogP contribution is 2.28. The normalized spacial score (nSPS) is 11.0. The quantitative estimate of drug-likeness (QED) is 0.503. The van der Waals surface area contributed by atoms with Gasteiger partial charge in [0.05, 0.1) is 5.52 Å². The zero-order chi connectivity index (χ0) is 14.7. The SMILES string of the molecule is CSc1ccc(CSc2nc(C)nc3ccccc23)cc1. The summed E-state index contributed by atoms with van der Waals surface area (Å²) in [6, 6.07) is 16.9. The highest BCUT2D eigenvalue weighted by Gasteiger charge is 2.06. The Bertz CT molecular complexity index is 754. The minimum absolute atomic E-state index is 0.828. The van der Waals surface area contributed by atoms with Gasteiger partial charge in [0.25, 0.3) is 0 Å². The lowest BCUT2D eigenvalue weighted by Gasteiger charge is -2.07. The molecular weight excluding hydrogens is 296 g/mol. The molecule has 0 bridgehead atoms. The fourth-order valence-corrected chi connectivity index (χ4v) is 3.57. The first kappa shape index (κ1) is 14.4. The maximum Gasteiger partial charge on any atom is 0.127 e. The standard InChI is InChI=1S/C17H16N2S2/c1-12-18-16-6-4-3-5-15(16)17(19-12)21-11-13-7-9-14(20-2)10-8-13/h3-10H,11H2,1-2H3. The van der Waals surface area contributed by atoms with E-state index in [9.17, 15) is 0 Å². The van der Waals surface area contributed by atoms with Crippen LogP contribution in [-0.2, 0) is 5.75 Å². The summed E-state index contributed by atoms with van der Waals surface area (Å²) in [6.45, 7) is 1.95. The second kappa shape index (κ2) is 6.50. The highest BCUT2D eigenvalue weighted by molar-refractivity contribution is 7.98. The summed E-state index contributed by atoms with van der Waals surface area (Å²) in [5, 5.41) is 2.20. The zero-order valence-electron chi connectivity index (χ0n) is 12.0. The van der Waals surface area contributed by atoms with E-state index >= 15 is 0 Å². The number of fused-ring (bicyclic) bond motifs is 1. The van der Waals surface area contributed by atoms with E-state index in [0.29, 0.717) is 0 Å². The number of aromatic nitrogens is 2. The van der Waals surface area contributed by atoms with E-state index in [-0.39, 0.29) is 0 Å². The summed E-state index contributed by atoms with van der Waals surface area (Å²) in [6.07, 6.45) is 2.10. The summed E-state index contributed by atoms with van der Waals surface area (Å²) in [4.78, 5) is 10.4. The number of hydrogen-bond acceptors (Lipinski definition) is 4. The summed E-state index contributed by atoms with van der Waals surface area (Å²) < 4.78 is 0. The summed E-state index contributed by atoms with van der Waals surface area (Å²) in [5.74, 6) is 1.75. The molecule has 0 amide bonds. The van der Waals surface area contributed by atoms with E-state index in [1.165, 1.54) is 10.5 Å². The van der Waals surface area contributed by atoms with Crippen LogP contribution in [0.5, 0.6) is 0 Å². The molecule has 3 rings (SSSR count). The van der Waals surface area contributed by atoms with Crippen molar-refractivity contribution in [2.45, 2.75) is 22.6 Å². The topological polar surface area (TPSA) is 25.8 Å². The van der Waals surface area contributed by atoms with Gasteiger partial charge in [0.1, 0.15) is 10.9 Å². The molecule has 21 heavy (non-hydrogen) atoms. The summed E-state index contributed by atoms with van der Waals surface area (Å²) >= 11 is 3.54. The second-order valence-corrected chi connectivity index (χ2v) is 6.57. The molecule has 0 spiro atoms. The van der Waals surface area contributed by atoms with Gasteiger partial charge in [0.2, 0.25) is 0 Å². The van der Waals surface area contributed by atoms with Crippen LogP contribution in [0.2, 0.25) is 0 Å². The van der Waals surface area contributed by atoms with E-state index in [2.05, 4.69) is 46.6 Å². The van der Waals surface area contributed by atoms with Crippen LogP contribution in [0.15, 0.2) is 58.5 Å². The van der Waals surface area contributed by atoms with Gasteiger partial charge in [0, 0.05) is 16.0 Å². The largest absolute Gasteiger partial charge is 0.233 e. The Morgan fingerprint density at radius 2 is 1.71 bits per heavy atom. The van der Waals surface area contributed by atoms with E-state index in [0.717, 1.165) is 27.5 Å². The van der Waals surface area contributed by atoms with Crippen LogP contribution in [0.4, 0.5) is 0 Å². The Hall–Kier alpha value is -1.52. The first-order valence-electron chi connectivity index (χ1n) is 6.75. The minimum atomic E-state index is 0.828.